The number of aliphatic hydroxyl groups is 5. The van der Waals surface area contributed by atoms with Gasteiger partial charge in [-0.05, 0) is 44.9 Å². The molecule has 0 spiro atoms. The molecule has 1 heterocycles. The van der Waals surface area contributed by atoms with E-state index in [1.807, 2.05) is 6.08 Å². The molecule has 6 N–H and O–H groups in total. The summed E-state index contributed by atoms with van der Waals surface area (Å²) < 4.78 is 11.3. The molecule has 0 aromatic rings. The van der Waals surface area contributed by atoms with Gasteiger partial charge in [-0.2, -0.15) is 0 Å². The third kappa shape index (κ3) is 43.4. The number of ether oxygens (including phenoxy) is 2. The average molecular weight is 1050 g/mol. The summed E-state index contributed by atoms with van der Waals surface area (Å²) in [6.45, 7) is 3.80. The van der Waals surface area contributed by atoms with E-state index in [1.54, 1.807) is 6.08 Å². The molecule has 0 aromatic heterocycles. The molecule has 436 valence electrons. The van der Waals surface area contributed by atoms with Crippen LogP contribution in [-0.2, 0) is 14.3 Å². The van der Waals surface area contributed by atoms with Gasteiger partial charge >= 0.3 is 0 Å². The summed E-state index contributed by atoms with van der Waals surface area (Å²) in [5.41, 5.74) is 0. The maximum absolute atomic E-state index is 13.1. The Hall–Kier alpha value is -1.59. The first-order chi connectivity index (χ1) is 36.3. The molecule has 7 atom stereocenters. The lowest BCUT2D eigenvalue weighted by atomic mass is 9.99. The third-order valence-electron chi connectivity index (χ3n) is 15.4. The van der Waals surface area contributed by atoms with Crippen molar-refractivity contribution < 1.29 is 39.8 Å². The van der Waals surface area contributed by atoms with Crippen LogP contribution in [0.2, 0.25) is 0 Å². The number of allylic oxidation sites excluding steroid dienone is 5. The van der Waals surface area contributed by atoms with Crippen LogP contribution in [-0.4, -0.2) is 87.5 Å². The molecule has 0 saturated carbocycles. The molecule has 1 fully saturated rings. The quantitative estimate of drug-likeness (QED) is 0.0261. The van der Waals surface area contributed by atoms with E-state index >= 15 is 0 Å². The van der Waals surface area contributed by atoms with Crippen molar-refractivity contribution in [1.29, 1.82) is 0 Å². The van der Waals surface area contributed by atoms with Gasteiger partial charge in [0.1, 0.15) is 24.4 Å². The number of aliphatic hydroxyl groups excluding tert-OH is 5. The summed E-state index contributed by atoms with van der Waals surface area (Å²) in [6, 6.07) is -0.827. The van der Waals surface area contributed by atoms with Crippen LogP contribution in [0.15, 0.2) is 36.5 Å². The minimum atomic E-state index is -1.57. The lowest BCUT2D eigenvalue weighted by molar-refractivity contribution is -0.302. The Morgan fingerprint density at radius 1 is 0.446 bits per heavy atom. The van der Waals surface area contributed by atoms with Gasteiger partial charge < -0.3 is 40.3 Å². The first-order valence-corrected chi connectivity index (χ1v) is 32.2. The maximum Gasteiger partial charge on any atom is 0.220 e. The average Bonchev–Trinajstić information content (AvgIpc) is 3.40. The van der Waals surface area contributed by atoms with Crippen LogP contribution in [0, 0.1) is 0 Å². The molecule has 0 aliphatic carbocycles. The highest BCUT2D eigenvalue weighted by molar-refractivity contribution is 5.76. The van der Waals surface area contributed by atoms with E-state index in [1.165, 1.54) is 250 Å². The van der Waals surface area contributed by atoms with Gasteiger partial charge in [-0.15, -0.1) is 0 Å². The molecule has 1 aliphatic heterocycles. The Morgan fingerprint density at radius 2 is 0.770 bits per heavy atom. The fraction of sp³-hybridized carbons (Fsp3) is 0.892. The number of unbranched alkanes of at least 4 members (excludes halogenated alkanes) is 42. The molecule has 1 amide bonds. The van der Waals surface area contributed by atoms with E-state index in [0.717, 1.165) is 44.9 Å². The molecule has 1 saturated heterocycles. The van der Waals surface area contributed by atoms with Gasteiger partial charge in [-0.25, -0.2) is 0 Å². The van der Waals surface area contributed by atoms with Gasteiger partial charge in [0, 0.05) is 6.42 Å². The van der Waals surface area contributed by atoms with Crippen LogP contribution in [0.25, 0.3) is 0 Å². The van der Waals surface area contributed by atoms with Crippen molar-refractivity contribution in [1.82, 2.24) is 5.32 Å². The van der Waals surface area contributed by atoms with Crippen molar-refractivity contribution in [2.75, 3.05) is 13.2 Å². The van der Waals surface area contributed by atoms with Crippen LogP contribution in [0.5, 0.6) is 0 Å². The molecular formula is C65H123NO8. The van der Waals surface area contributed by atoms with Crippen molar-refractivity contribution >= 4 is 5.91 Å². The molecule has 0 aromatic carbocycles. The molecule has 1 rings (SSSR count). The summed E-state index contributed by atoms with van der Waals surface area (Å²) in [4.78, 5) is 13.1. The number of amides is 1. The van der Waals surface area contributed by atoms with Gasteiger partial charge in [0.25, 0.3) is 0 Å². The van der Waals surface area contributed by atoms with E-state index in [4.69, 9.17) is 9.47 Å². The van der Waals surface area contributed by atoms with Crippen LogP contribution in [0.4, 0.5) is 0 Å². The van der Waals surface area contributed by atoms with Crippen molar-refractivity contribution in [3.8, 4) is 0 Å². The van der Waals surface area contributed by atoms with Crippen LogP contribution < -0.4 is 5.32 Å². The van der Waals surface area contributed by atoms with Crippen LogP contribution in [0.3, 0.4) is 0 Å². The maximum atomic E-state index is 13.1. The van der Waals surface area contributed by atoms with Gasteiger partial charge in [-0.3, -0.25) is 4.79 Å². The zero-order valence-corrected chi connectivity index (χ0v) is 48.6. The number of hydrogen-bond donors (Lipinski definition) is 6. The Bertz CT molecular complexity index is 1260. The number of carbonyl (C=O) groups excluding carboxylic acids is 1. The fourth-order valence-corrected chi connectivity index (χ4v) is 10.4. The highest BCUT2D eigenvalue weighted by Gasteiger charge is 2.44. The second kappa shape index (κ2) is 54.8. The lowest BCUT2D eigenvalue weighted by Crippen LogP contribution is -2.60. The molecular weight excluding hydrogens is 923 g/mol. The van der Waals surface area contributed by atoms with Gasteiger partial charge in [0.15, 0.2) is 6.29 Å². The van der Waals surface area contributed by atoms with E-state index in [-0.39, 0.29) is 12.5 Å². The zero-order valence-electron chi connectivity index (χ0n) is 48.6. The minimum Gasteiger partial charge on any atom is -0.394 e. The highest BCUT2D eigenvalue weighted by Crippen LogP contribution is 2.23. The van der Waals surface area contributed by atoms with E-state index in [2.05, 4.69) is 43.5 Å². The summed E-state index contributed by atoms with van der Waals surface area (Å²) in [6.07, 6.45) is 65.3. The molecule has 0 bridgehead atoms. The van der Waals surface area contributed by atoms with E-state index < -0.39 is 49.5 Å². The van der Waals surface area contributed by atoms with Crippen molar-refractivity contribution in [3.05, 3.63) is 36.5 Å². The molecule has 9 nitrogen and oxygen atoms in total. The summed E-state index contributed by atoms with van der Waals surface area (Å²) in [5.74, 6) is -0.185. The lowest BCUT2D eigenvalue weighted by Gasteiger charge is -2.40. The fourth-order valence-electron chi connectivity index (χ4n) is 10.4. The Balaban J connectivity index is 2.15. The Kier molecular flexibility index (Phi) is 52.1. The number of carbonyl (C=O) groups is 1. The monoisotopic (exact) mass is 1050 g/mol. The SMILES string of the molecule is CCCCCCCCCCCC/C=C/CC/C=C/CC/C=C/C(O)C(COC1OC(CO)C(O)C(O)C1O)NC(=O)CCCCCCCCCCCCCCCCCCCCCCCCCCCCCCCCC. The zero-order chi connectivity index (χ0) is 53.6. The predicted octanol–water partition coefficient (Wildman–Crippen LogP) is 16.7. The molecule has 9 heteroatoms. The first kappa shape index (κ1) is 70.4. The van der Waals surface area contributed by atoms with Gasteiger partial charge in [0.05, 0.1) is 25.4 Å². The van der Waals surface area contributed by atoms with Crippen molar-refractivity contribution in [3.63, 3.8) is 0 Å². The third-order valence-corrected chi connectivity index (χ3v) is 15.4. The van der Waals surface area contributed by atoms with E-state index in [9.17, 15) is 30.3 Å². The number of nitrogens with one attached hydrogen (secondary N) is 1. The smallest absolute Gasteiger partial charge is 0.220 e. The molecule has 7 unspecified atom stereocenters. The number of rotatable bonds is 56. The normalized spacial score (nSPS) is 19.1. The van der Waals surface area contributed by atoms with Crippen LogP contribution >= 0.6 is 0 Å². The molecule has 0 radical (unpaired) electrons. The number of hydrogen-bond acceptors (Lipinski definition) is 8. The summed E-state index contributed by atoms with van der Waals surface area (Å²) >= 11 is 0. The predicted molar refractivity (Wildman–Crippen MR) is 313 cm³/mol. The largest absolute Gasteiger partial charge is 0.394 e. The van der Waals surface area contributed by atoms with Crippen molar-refractivity contribution in [2.24, 2.45) is 0 Å². The van der Waals surface area contributed by atoms with Crippen molar-refractivity contribution in [2.45, 2.75) is 358 Å². The van der Waals surface area contributed by atoms with Gasteiger partial charge in [0.2, 0.25) is 5.91 Å². The summed E-state index contributed by atoms with van der Waals surface area (Å²) in [5, 5.41) is 54.6. The van der Waals surface area contributed by atoms with Gasteiger partial charge in [-0.1, -0.05) is 301 Å². The van der Waals surface area contributed by atoms with E-state index in [0.29, 0.717) is 6.42 Å². The first-order valence-electron chi connectivity index (χ1n) is 32.2. The Labute approximate surface area is 457 Å². The summed E-state index contributed by atoms with van der Waals surface area (Å²) in [7, 11) is 0. The Morgan fingerprint density at radius 3 is 1.14 bits per heavy atom. The minimum absolute atomic E-state index is 0.185. The highest BCUT2D eigenvalue weighted by atomic mass is 16.7. The molecule has 1 aliphatic rings. The standard InChI is InChI=1S/C65H123NO8/c1-3-5-7-9-11-13-15-17-19-21-23-25-26-27-28-29-30-31-32-33-34-35-37-39-41-43-45-47-49-51-53-55-61(69)66-58(57-73-65-64(72)63(71)62(70)60(56-67)74-65)59(68)54-52-50-48-46-44-42-40-38-36-24-22-20-18-16-14-12-10-8-6-4-2/h36,38,44,46,52,54,58-60,62-65,67-68,70-72H,3-35,37,39-43,45,47-51,53,55-57H2,1-2H3,(H,66,69)/b38-36+,46-44+,54-52+. The topological polar surface area (TPSA) is 149 Å². The second-order valence-corrected chi connectivity index (χ2v) is 22.5. The van der Waals surface area contributed by atoms with Crippen LogP contribution in [0.1, 0.15) is 316 Å². The molecule has 74 heavy (non-hydrogen) atoms. The second-order valence-electron chi connectivity index (χ2n) is 22.5.